The Morgan fingerprint density at radius 2 is 1.96 bits per heavy atom. The second-order valence-electron chi connectivity index (χ2n) is 7.43. The van der Waals surface area contributed by atoms with Gasteiger partial charge in [0.15, 0.2) is 11.5 Å². The van der Waals surface area contributed by atoms with E-state index in [4.69, 9.17) is 15.2 Å². The van der Waals surface area contributed by atoms with Crippen molar-refractivity contribution in [2.45, 2.75) is 31.3 Å². The van der Waals surface area contributed by atoms with E-state index in [9.17, 15) is 0 Å². The van der Waals surface area contributed by atoms with E-state index in [2.05, 4.69) is 33.3 Å². The number of fused-ring (bicyclic) bond motifs is 2. The first-order chi connectivity index (χ1) is 13.3. The topological polar surface area (TPSA) is 74.3 Å². The molecule has 0 spiro atoms. The Kier molecular flexibility index (Phi) is 4.13. The number of hydrogen-bond donors (Lipinski definition) is 2. The Morgan fingerprint density at radius 3 is 2.81 bits per heavy atom. The fourth-order valence-electron chi connectivity index (χ4n) is 4.15. The van der Waals surface area contributed by atoms with Crippen molar-refractivity contribution in [3.8, 4) is 11.5 Å². The van der Waals surface area contributed by atoms with Gasteiger partial charge in [-0.25, -0.2) is 0 Å². The van der Waals surface area contributed by atoms with Crippen LogP contribution in [-0.4, -0.2) is 35.6 Å². The van der Waals surface area contributed by atoms with Crippen LogP contribution in [0, 0.1) is 0 Å². The lowest BCUT2D eigenvalue weighted by molar-refractivity contribution is 0.171. The van der Waals surface area contributed by atoms with Crippen LogP contribution in [-0.2, 0) is 6.42 Å². The second-order valence-corrected chi connectivity index (χ2v) is 7.43. The van der Waals surface area contributed by atoms with Crippen molar-refractivity contribution in [1.82, 2.24) is 15.1 Å². The summed E-state index contributed by atoms with van der Waals surface area (Å²) in [7, 11) is 0. The Bertz CT molecular complexity index is 960. The van der Waals surface area contributed by atoms with Crippen molar-refractivity contribution in [2.24, 2.45) is 0 Å². The van der Waals surface area contributed by atoms with Crippen LogP contribution in [0.3, 0.4) is 0 Å². The summed E-state index contributed by atoms with van der Waals surface area (Å²) in [5.41, 5.74) is 9.10. The number of nitrogens with one attached hydrogen (secondary N) is 1. The van der Waals surface area contributed by atoms with E-state index in [1.165, 1.54) is 5.56 Å². The highest BCUT2D eigenvalue weighted by Gasteiger charge is 2.24. The first-order valence-electron chi connectivity index (χ1n) is 9.61. The number of rotatable bonds is 3. The molecule has 6 heteroatoms. The van der Waals surface area contributed by atoms with Crippen LogP contribution in [0.15, 0.2) is 42.6 Å². The summed E-state index contributed by atoms with van der Waals surface area (Å²) in [4.78, 5) is 0. The third-order valence-corrected chi connectivity index (χ3v) is 5.54. The predicted octanol–water partition coefficient (Wildman–Crippen LogP) is 2.93. The molecule has 3 aromatic rings. The number of nitrogens with zero attached hydrogens (tertiary/aromatic N) is 2. The van der Waals surface area contributed by atoms with Gasteiger partial charge in [-0.2, -0.15) is 5.10 Å². The second kappa shape index (κ2) is 6.78. The highest BCUT2D eigenvalue weighted by Crippen LogP contribution is 2.32. The maximum absolute atomic E-state index is 5.88. The molecule has 1 saturated heterocycles. The van der Waals surface area contributed by atoms with Gasteiger partial charge in [-0.3, -0.25) is 4.68 Å². The molecule has 2 unspecified atom stereocenters. The summed E-state index contributed by atoms with van der Waals surface area (Å²) in [5, 5.41) is 9.42. The van der Waals surface area contributed by atoms with Crippen LogP contribution in [0.25, 0.3) is 10.9 Å². The Labute approximate surface area is 158 Å². The first-order valence-corrected chi connectivity index (χ1v) is 9.61. The molecule has 2 aliphatic rings. The Morgan fingerprint density at radius 1 is 1.07 bits per heavy atom. The van der Waals surface area contributed by atoms with Crippen molar-refractivity contribution >= 4 is 16.6 Å². The highest BCUT2D eigenvalue weighted by molar-refractivity contribution is 5.82. The monoisotopic (exact) mass is 364 g/mol. The van der Waals surface area contributed by atoms with Gasteiger partial charge >= 0.3 is 0 Å². The standard InChI is InChI=1S/C21H24N4O2/c22-16-2-5-19-15(11-16)12-24-25(19)18-4-3-17(23-13-18)9-14-1-6-20-21(10-14)27-8-7-26-20/h1-2,5-6,10-12,17-18,23H,3-4,7-9,13,22H2. The predicted molar refractivity (Wildman–Crippen MR) is 105 cm³/mol. The van der Waals surface area contributed by atoms with E-state index >= 15 is 0 Å². The maximum atomic E-state index is 5.88. The lowest BCUT2D eigenvalue weighted by atomic mass is 9.95. The van der Waals surface area contributed by atoms with Gasteiger partial charge in [0, 0.05) is 23.7 Å². The molecule has 2 aliphatic heterocycles. The van der Waals surface area contributed by atoms with Crippen molar-refractivity contribution in [3.05, 3.63) is 48.2 Å². The van der Waals surface area contributed by atoms with E-state index < -0.39 is 0 Å². The first kappa shape index (κ1) is 16.4. The molecule has 0 radical (unpaired) electrons. The molecule has 6 nitrogen and oxygen atoms in total. The summed E-state index contributed by atoms with van der Waals surface area (Å²) in [6.07, 6.45) is 5.14. The SMILES string of the molecule is Nc1ccc2c(cnn2C2CCC(Cc3ccc4c(c3)OCCO4)NC2)c1. The Hall–Kier alpha value is -2.73. The van der Waals surface area contributed by atoms with E-state index in [-0.39, 0.29) is 0 Å². The minimum Gasteiger partial charge on any atom is -0.486 e. The van der Waals surface area contributed by atoms with E-state index in [0.717, 1.165) is 53.9 Å². The maximum Gasteiger partial charge on any atom is 0.161 e. The van der Waals surface area contributed by atoms with Crippen LogP contribution in [0.2, 0.25) is 0 Å². The largest absolute Gasteiger partial charge is 0.486 e. The molecule has 5 rings (SSSR count). The van der Waals surface area contributed by atoms with Gasteiger partial charge in [-0.15, -0.1) is 0 Å². The molecular weight excluding hydrogens is 340 g/mol. The molecule has 0 aliphatic carbocycles. The lowest BCUT2D eigenvalue weighted by Crippen LogP contribution is -2.41. The van der Waals surface area contributed by atoms with Crippen LogP contribution in [0.1, 0.15) is 24.4 Å². The number of nitrogen functional groups attached to an aromatic ring is 1. The molecule has 0 bridgehead atoms. The number of hydrogen-bond acceptors (Lipinski definition) is 5. The van der Waals surface area contributed by atoms with Gasteiger partial charge in [0.2, 0.25) is 0 Å². The number of aromatic nitrogens is 2. The summed E-state index contributed by atoms with van der Waals surface area (Å²) < 4.78 is 13.5. The zero-order valence-electron chi connectivity index (χ0n) is 15.2. The number of nitrogens with two attached hydrogens (primary N) is 1. The van der Waals surface area contributed by atoms with Gasteiger partial charge < -0.3 is 20.5 Å². The van der Waals surface area contributed by atoms with Gasteiger partial charge in [-0.05, 0) is 55.2 Å². The normalized spacial score (nSPS) is 22.1. The smallest absolute Gasteiger partial charge is 0.161 e. The van der Waals surface area contributed by atoms with Crippen LogP contribution in [0.5, 0.6) is 11.5 Å². The molecule has 27 heavy (non-hydrogen) atoms. The molecule has 1 aromatic heterocycles. The summed E-state index contributed by atoms with van der Waals surface area (Å²) in [5.74, 6) is 1.72. The summed E-state index contributed by atoms with van der Waals surface area (Å²) >= 11 is 0. The number of piperidine rings is 1. The zero-order chi connectivity index (χ0) is 18.2. The van der Waals surface area contributed by atoms with E-state index in [1.54, 1.807) is 0 Å². The number of ether oxygens (including phenoxy) is 2. The summed E-state index contributed by atoms with van der Waals surface area (Å²) in [6.45, 7) is 2.19. The molecule has 2 aromatic carbocycles. The fraction of sp³-hybridized carbons (Fsp3) is 0.381. The van der Waals surface area contributed by atoms with E-state index in [1.807, 2.05) is 24.4 Å². The van der Waals surface area contributed by atoms with Gasteiger partial charge in [0.25, 0.3) is 0 Å². The number of anilines is 1. The van der Waals surface area contributed by atoms with Crippen LogP contribution in [0.4, 0.5) is 5.69 Å². The highest BCUT2D eigenvalue weighted by atomic mass is 16.6. The van der Waals surface area contributed by atoms with Crippen molar-refractivity contribution in [3.63, 3.8) is 0 Å². The van der Waals surface area contributed by atoms with Crippen LogP contribution >= 0.6 is 0 Å². The lowest BCUT2D eigenvalue weighted by Gasteiger charge is -2.31. The van der Waals surface area contributed by atoms with E-state index in [0.29, 0.717) is 25.3 Å². The molecule has 140 valence electrons. The molecule has 2 atom stereocenters. The Balaban J connectivity index is 1.25. The third-order valence-electron chi connectivity index (χ3n) is 5.54. The minimum atomic E-state index is 0.377. The van der Waals surface area contributed by atoms with Crippen molar-refractivity contribution in [1.29, 1.82) is 0 Å². The average Bonchev–Trinajstić information content (AvgIpc) is 3.11. The fourth-order valence-corrected chi connectivity index (χ4v) is 4.15. The molecule has 3 heterocycles. The zero-order valence-corrected chi connectivity index (χ0v) is 15.2. The number of benzene rings is 2. The van der Waals surface area contributed by atoms with Crippen molar-refractivity contribution < 1.29 is 9.47 Å². The third kappa shape index (κ3) is 3.21. The average molecular weight is 364 g/mol. The molecule has 0 amide bonds. The molecule has 3 N–H and O–H groups in total. The van der Waals surface area contributed by atoms with Gasteiger partial charge in [0.05, 0.1) is 17.8 Å². The van der Waals surface area contributed by atoms with Gasteiger partial charge in [0.1, 0.15) is 13.2 Å². The van der Waals surface area contributed by atoms with Gasteiger partial charge in [-0.1, -0.05) is 6.07 Å². The van der Waals surface area contributed by atoms with Crippen LogP contribution < -0.4 is 20.5 Å². The quantitative estimate of drug-likeness (QED) is 0.699. The molecule has 0 saturated carbocycles. The minimum absolute atomic E-state index is 0.377. The molecule has 1 fully saturated rings. The van der Waals surface area contributed by atoms with Crippen molar-refractivity contribution in [2.75, 3.05) is 25.5 Å². The summed E-state index contributed by atoms with van der Waals surface area (Å²) in [6, 6.07) is 13.1. The molecular formula is C21H24N4O2.